The number of thiophene rings is 1. The highest BCUT2D eigenvalue weighted by Gasteiger charge is 2.35. The van der Waals surface area contributed by atoms with E-state index in [4.69, 9.17) is 4.74 Å². The Morgan fingerprint density at radius 2 is 1.41 bits per heavy atom. The second-order valence-electron chi connectivity index (χ2n) is 9.99. The molecule has 14 heteroatoms. The molecule has 4 aromatic carbocycles. The number of halogens is 8. The Kier molecular flexibility index (Phi) is 8.51. The predicted molar refractivity (Wildman–Crippen MR) is 157 cm³/mol. The summed E-state index contributed by atoms with van der Waals surface area (Å²) in [7, 11) is 1.29. The van der Waals surface area contributed by atoms with Gasteiger partial charge >= 0.3 is 12.4 Å². The van der Waals surface area contributed by atoms with Crippen LogP contribution in [0.4, 0.5) is 46.5 Å². The van der Waals surface area contributed by atoms with Crippen molar-refractivity contribution in [2.75, 3.05) is 17.7 Å². The minimum absolute atomic E-state index is 0.0378. The third-order valence-electron chi connectivity index (χ3n) is 6.93. The van der Waals surface area contributed by atoms with Crippen LogP contribution < -0.4 is 15.4 Å². The van der Waals surface area contributed by atoms with E-state index in [0.29, 0.717) is 40.2 Å². The minimum atomic E-state index is -5.07. The second-order valence-corrected chi connectivity index (χ2v) is 11.0. The van der Waals surface area contributed by atoms with E-state index < -0.39 is 52.6 Å². The van der Waals surface area contributed by atoms with Crippen LogP contribution in [0.3, 0.4) is 0 Å². The third kappa shape index (κ3) is 6.52. The minimum Gasteiger partial charge on any atom is -0.496 e. The number of rotatable bonds is 6. The molecule has 0 aliphatic carbocycles. The first-order valence-electron chi connectivity index (χ1n) is 13.1. The van der Waals surface area contributed by atoms with E-state index in [1.807, 2.05) is 0 Å². The first kappa shape index (κ1) is 32.4. The highest BCUT2D eigenvalue weighted by Crippen LogP contribution is 2.41. The molecule has 0 fully saturated rings. The first-order valence-corrected chi connectivity index (χ1v) is 14.0. The van der Waals surface area contributed by atoms with Crippen molar-refractivity contribution in [3.63, 3.8) is 0 Å². The topological polar surface area (TPSA) is 67.4 Å². The van der Waals surface area contributed by atoms with E-state index in [0.717, 1.165) is 24.3 Å². The number of alkyl halides is 6. The summed E-state index contributed by atoms with van der Waals surface area (Å²) in [5.74, 6) is -3.84. The number of hydrogen-bond donors (Lipinski definition) is 2. The summed E-state index contributed by atoms with van der Waals surface area (Å²) in [5.41, 5.74) is -2.00. The Balaban J connectivity index is 1.57. The Bertz CT molecular complexity index is 2000. The van der Waals surface area contributed by atoms with E-state index >= 15 is 0 Å². The first-order chi connectivity index (χ1) is 21.6. The lowest BCUT2D eigenvalue weighted by Crippen LogP contribution is -2.18. The second kappa shape index (κ2) is 12.1. The number of carbonyl (C=O) groups excluding carboxylic acids is 2. The normalized spacial score (nSPS) is 11.9. The quantitative estimate of drug-likeness (QED) is 0.178. The van der Waals surface area contributed by atoms with E-state index in [9.17, 15) is 44.7 Å². The Morgan fingerprint density at radius 1 is 0.739 bits per heavy atom. The maximum Gasteiger partial charge on any atom is 0.419 e. The zero-order valence-corrected chi connectivity index (χ0v) is 24.4. The smallest absolute Gasteiger partial charge is 0.419 e. The molecule has 0 aliphatic heterocycles. The van der Waals surface area contributed by atoms with Gasteiger partial charge in [0.2, 0.25) is 0 Å². The van der Waals surface area contributed by atoms with Crippen molar-refractivity contribution in [3.05, 3.63) is 112 Å². The molecule has 1 aromatic heterocycles. The number of aryl methyl sites for hydroxylation is 1. The maximum absolute atomic E-state index is 13.9. The molecule has 0 saturated heterocycles. The third-order valence-corrected chi connectivity index (χ3v) is 8.08. The monoisotopic (exact) mass is 664 g/mol. The molecule has 5 aromatic rings. The molecule has 0 spiro atoms. The molecule has 2 amide bonds. The highest BCUT2D eigenvalue weighted by molar-refractivity contribution is 7.21. The van der Waals surface area contributed by atoms with Crippen molar-refractivity contribution in [1.29, 1.82) is 0 Å². The van der Waals surface area contributed by atoms with Crippen molar-refractivity contribution in [3.8, 4) is 16.9 Å². The van der Waals surface area contributed by atoms with Crippen LogP contribution in [-0.2, 0) is 12.4 Å². The zero-order chi connectivity index (χ0) is 33.6. The van der Waals surface area contributed by atoms with Crippen molar-refractivity contribution < 1.29 is 49.4 Å². The number of nitrogens with one attached hydrogen (secondary N) is 2. The number of hydrogen-bond acceptors (Lipinski definition) is 4. The molecule has 0 radical (unpaired) electrons. The van der Waals surface area contributed by atoms with Gasteiger partial charge in [-0.15, -0.1) is 11.3 Å². The average Bonchev–Trinajstić information content (AvgIpc) is 3.35. The van der Waals surface area contributed by atoms with Gasteiger partial charge in [0.25, 0.3) is 11.8 Å². The van der Waals surface area contributed by atoms with Gasteiger partial charge in [-0.2, -0.15) is 26.3 Å². The Labute approximate surface area is 259 Å². The van der Waals surface area contributed by atoms with Gasteiger partial charge in [-0.3, -0.25) is 9.59 Å². The number of amides is 2. The van der Waals surface area contributed by atoms with Gasteiger partial charge in [0.05, 0.1) is 29.5 Å². The van der Waals surface area contributed by atoms with Crippen LogP contribution in [0.2, 0.25) is 0 Å². The molecule has 0 unspecified atom stereocenters. The highest BCUT2D eigenvalue weighted by atomic mass is 32.1. The van der Waals surface area contributed by atoms with Crippen LogP contribution in [0.1, 0.15) is 36.7 Å². The van der Waals surface area contributed by atoms with E-state index in [-0.39, 0.29) is 32.0 Å². The molecule has 5 nitrogen and oxygen atoms in total. The summed E-state index contributed by atoms with van der Waals surface area (Å²) < 4.78 is 113. The van der Waals surface area contributed by atoms with Crippen molar-refractivity contribution in [2.24, 2.45) is 0 Å². The van der Waals surface area contributed by atoms with Gasteiger partial charge in [0.1, 0.15) is 22.3 Å². The van der Waals surface area contributed by atoms with Crippen LogP contribution in [0.5, 0.6) is 5.75 Å². The molecule has 238 valence electrons. The average molecular weight is 665 g/mol. The van der Waals surface area contributed by atoms with Crippen LogP contribution in [-0.4, -0.2) is 18.9 Å². The number of methoxy groups -OCH3 is 1. The molecular formula is C32H20F8N2O3S. The fraction of sp³-hybridized carbons (Fsp3) is 0.125. The molecule has 46 heavy (non-hydrogen) atoms. The lowest BCUT2D eigenvalue weighted by molar-refractivity contribution is -0.140. The van der Waals surface area contributed by atoms with E-state index in [2.05, 4.69) is 10.6 Å². The van der Waals surface area contributed by atoms with Gasteiger partial charge in [-0.05, 0) is 78.2 Å². The number of carbonyl (C=O) groups is 2. The van der Waals surface area contributed by atoms with Crippen LogP contribution in [0.25, 0.3) is 21.2 Å². The lowest BCUT2D eigenvalue weighted by Gasteiger charge is -2.14. The largest absolute Gasteiger partial charge is 0.496 e. The predicted octanol–water partition coefficient (Wildman–Crippen LogP) is 9.71. The van der Waals surface area contributed by atoms with E-state index in [1.165, 1.54) is 31.4 Å². The number of ether oxygens (including phenoxy) is 1. The summed E-state index contributed by atoms with van der Waals surface area (Å²) in [5, 5.41) is 4.78. The van der Waals surface area contributed by atoms with Crippen molar-refractivity contribution in [2.45, 2.75) is 19.3 Å². The summed E-state index contributed by atoms with van der Waals surface area (Å²) in [6.45, 7) is 1.56. The zero-order valence-electron chi connectivity index (χ0n) is 23.6. The SMILES string of the molecule is COc1ccc(-c2ccc(F)c(C)c2)cc1C(=O)Nc1c(C(=O)Nc2ccc(F)c(C(F)(F)F)c2)sc2cc(C(F)(F)F)ccc12. The fourth-order valence-electron chi connectivity index (χ4n) is 4.64. The van der Waals surface area contributed by atoms with Crippen molar-refractivity contribution >= 4 is 44.6 Å². The van der Waals surface area contributed by atoms with Crippen LogP contribution in [0.15, 0.2) is 72.8 Å². The molecule has 0 saturated carbocycles. The van der Waals surface area contributed by atoms with Gasteiger partial charge in [-0.25, -0.2) is 8.78 Å². The molecule has 0 atom stereocenters. The molecule has 5 rings (SSSR count). The van der Waals surface area contributed by atoms with Gasteiger partial charge in [-0.1, -0.05) is 18.2 Å². The maximum atomic E-state index is 13.9. The molecule has 0 aliphatic rings. The van der Waals surface area contributed by atoms with E-state index in [1.54, 1.807) is 19.1 Å². The van der Waals surface area contributed by atoms with Gasteiger partial charge in [0.15, 0.2) is 0 Å². The fourth-order valence-corrected chi connectivity index (χ4v) is 5.73. The summed E-state index contributed by atoms with van der Waals surface area (Å²) in [4.78, 5) is 26.7. The standard InChI is InChI=1S/C32H20F8N2O3S/c1-15-11-16(3-8-23(15)33)17-4-10-25(45-2)21(12-17)29(43)42-27-20-7-5-18(31(35,36)37)13-26(20)46-28(27)30(44)41-19-6-9-24(34)22(14-19)32(38,39)40/h3-14H,1-2H3,(H,41,44)(H,42,43). The van der Waals surface area contributed by atoms with Gasteiger partial charge in [0, 0.05) is 15.8 Å². The van der Waals surface area contributed by atoms with Crippen molar-refractivity contribution in [1.82, 2.24) is 0 Å². The summed E-state index contributed by atoms with van der Waals surface area (Å²) >= 11 is 0.555. The number of benzene rings is 4. The lowest BCUT2D eigenvalue weighted by atomic mass is 10.00. The Hall–Kier alpha value is -4.98. The molecule has 1 heterocycles. The Morgan fingerprint density at radius 3 is 2.07 bits per heavy atom. The van der Waals surface area contributed by atoms with Crippen LogP contribution in [0, 0.1) is 18.6 Å². The molecule has 0 bridgehead atoms. The summed E-state index contributed by atoms with van der Waals surface area (Å²) in [6, 6.07) is 13.2. The molecular weight excluding hydrogens is 644 g/mol. The summed E-state index contributed by atoms with van der Waals surface area (Å²) in [6.07, 6.45) is -9.81. The number of fused-ring (bicyclic) bond motifs is 1. The van der Waals surface area contributed by atoms with Gasteiger partial charge < -0.3 is 15.4 Å². The van der Waals surface area contributed by atoms with Crippen LogP contribution >= 0.6 is 11.3 Å². The number of anilines is 2. The molecule has 2 N–H and O–H groups in total.